The standard InChI is InChI=1S/C16H11NO2S2/c18-13-8-4-7-12(10-13)17-15(19)14(21-16(17)20)9-11-5-2-1-3-6-11/h1-10,18H/b14-9+. The first kappa shape index (κ1) is 13.9. The zero-order chi connectivity index (χ0) is 14.8. The predicted molar refractivity (Wildman–Crippen MR) is 90.2 cm³/mol. The van der Waals surface area contributed by atoms with Gasteiger partial charge in [0.2, 0.25) is 0 Å². The Labute approximate surface area is 131 Å². The third kappa shape index (κ3) is 2.84. The van der Waals surface area contributed by atoms with Crippen LogP contribution >= 0.6 is 24.0 Å². The van der Waals surface area contributed by atoms with Gasteiger partial charge in [-0.3, -0.25) is 9.69 Å². The van der Waals surface area contributed by atoms with E-state index in [4.69, 9.17) is 12.2 Å². The highest BCUT2D eigenvalue weighted by Crippen LogP contribution is 2.36. The number of benzene rings is 2. The van der Waals surface area contributed by atoms with Gasteiger partial charge in [0.15, 0.2) is 4.32 Å². The minimum atomic E-state index is -0.167. The van der Waals surface area contributed by atoms with Crippen molar-refractivity contribution in [2.24, 2.45) is 0 Å². The van der Waals surface area contributed by atoms with Gasteiger partial charge < -0.3 is 5.11 Å². The van der Waals surface area contributed by atoms with E-state index in [9.17, 15) is 9.90 Å². The molecule has 1 aliphatic rings. The van der Waals surface area contributed by atoms with Crippen LogP contribution in [-0.4, -0.2) is 15.3 Å². The Hall–Kier alpha value is -2.11. The van der Waals surface area contributed by atoms with Crippen LogP contribution in [0.2, 0.25) is 0 Å². The van der Waals surface area contributed by atoms with Gasteiger partial charge in [-0.2, -0.15) is 0 Å². The molecule has 1 amide bonds. The highest BCUT2D eigenvalue weighted by atomic mass is 32.2. The molecular formula is C16H11NO2S2. The minimum absolute atomic E-state index is 0.105. The molecule has 1 fully saturated rings. The molecule has 21 heavy (non-hydrogen) atoms. The van der Waals surface area contributed by atoms with Gasteiger partial charge in [-0.1, -0.05) is 60.4 Å². The number of aromatic hydroxyl groups is 1. The van der Waals surface area contributed by atoms with Crippen LogP contribution in [0.25, 0.3) is 6.08 Å². The second kappa shape index (κ2) is 5.71. The number of phenols is 1. The van der Waals surface area contributed by atoms with E-state index in [1.165, 1.54) is 22.7 Å². The van der Waals surface area contributed by atoms with Crippen molar-refractivity contribution in [3.05, 3.63) is 65.1 Å². The van der Waals surface area contributed by atoms with Gasteiger partial charge in [0.05, 0.1) is 10.6 Å². The van der Waals surface area contributed by atoms with Gasteiger partial charge in [0.25, 0.3) is 5.91 Å². The number of nitrogens with zero attached hydrogens (tertiary/aromatic N) is 1. The zero-order valence-corrected chi connectivity index (χ0v) is 12.5. The molecule has 0 spiro atoms. The number of amides is 1. The lowest BCUT2D eigenvalue weighted by Gasteiger charge is -2.14. The molecule has 1 heterocycles. The van der Waals surface area contributed by atoms with Crippen molar-refractivity contribution in [3.63, 3.8) is 0 Å². The maximum Gasteiger partial charge on any atom is 0.270 e. The number of anilines is 1. The molecule has 2 aromatic rings. The smallest absolute Gasteiger partial charge is 0.270 e. The largest absolute Gasteiger partial charge is 0.508 e. The molecule has 0 aromatic heterocycles. The lowest BCUT2D eigenvalue weighted by molar-refractivity contribution is -0.113. The molecule has 104 valence electrons. The van der Waals surface area contributed by atoms with E-state index in [1.807, 2.05) is 36.4 Å². The van der Waals surface area contributed by atoms with E-state index in [0.717, 1.165) is 5.56 Å². The molecule has 1 saturated heterocycles. The quantitative estimate of drug-likeness (QED) is 0.676. The molecule has 0 bridgehead atoms. The Bertz CT molecular complexity index is 741. The summed E-state index contributed by atoms with van der Waals surface area (Å²) in [6, 6.07) is 16.1. The number of rotatable bonds is 2. The number of hydrogen-bond acceptors (Lipinski definition) is 4. The van der Waals surface area contributed by atoms with Gasteiger partial charge in [-0.15, -0.1) is 0 Å². The van der Waals surface area contributed by atoms with Crippen molar-refractivity contribution in [2.45, 2.75) is 0 Å². The Kier molecular flexibility index (Phi) is 3.77. The van der Waals surface area contributed by atoms with Crippen LogP contribution in [0, 0.1) is 0 Å². The second-order valence-corrected chi connectivity index (χ2v) is 6.12. The second-order valence-electron chi connectivity index (χ2n) is 4.45. The van der Waals surface area contributed by atoms with Crippen LogP contribution in [0.4, 0.5) is 5.69 Å². The molecule has 3 rings (SSSR count). The number of thioether (sulfide) groups is 1. The van der Waals surface area contributed by atoms with Gasteiger partial charge in [-0.25, -0.2) is 0 Å². The fraction of sp³-hybridized carbons (Fsp3) is 0. The zero-order valence-electron chi connectivity index (χ0n) is 10.9. The first-order chi connectivity index (χ1) is 10.1. The maximum atomic E-state index is 12.5. The number of thiocarbonyl (C=S) groups is 1. The number of carbonyl (C=O) groups is 1. The molecule has 0 aliphatic carbocycles. The van der Waals surface area contributed by atoms with Gasteiger partial charge in [0.1, 0.15) is 5.75 Å². The summed E-state index contributed by atoms with van der Waals surface area (Å²) in [6.45, 7) is 0. The van der Waals surface area contributed by atoms with E-state index < -0.39 is 0 Å². The minimum Gasteiger partial charge on any atom is -0.508 e. The van der Waals surface area contributed by atoms with Crippen molar-refractivity contribution in [3.8, 4) is 5.75 Å². The van der Waals surface area contributed by atoms with E-state index >= 15 is 0 Å². The van der Waals surface area contributed by atoms with Crippen molar-refractivity contribution in [1.82, 2.24) is 0 Å². The Morgan fingerprint density at radius 3 is 2.57 bits per heavy atom. The predicted octanol–water partition coefficient (Wildman–Crippen LogP) is 3.80. The number of carbonyl (C=O) groups excluding carboxylic acids is 1. The summed E-state index contributed by atoms with van der Waals surface area (Å²) in [6.07, 6.45) is 1.82. The topological polar surface area (TPSA) is 40.5 Å². The Balaban J connectivity index is 1.94. The van der Waals surface area contributed by atoms with Crippen LogP contribution in [0.1, 0.15) is 5.56 Å². The van der Waals surface area contributed by atoms with Crippen LogP contribution in [0.3, 0.4) is 0 Å². The summed E-state index contributed by atoms with van der Waals surface area (Å²) in [5.74, 6) is -0.0620. The lowest BCUT2D eigenvalue weighted by Crippen LogP contribution is -2.27. The summed E-state index contributed by atoms with van der Waals surface area (Å²) in [4.78, 5) is 14.5. The normalized spacial score (nSPS) is 16.8. The summed E-state index contributed by atoms with van der Waals surface area (Å²) >= 11 is 6.55. The van der Waals surface area contributed by atoms with Crippen LogP contribution in [-0.2, 0) is 4.79 Å². The third-order valence-corrected chi connectivity index (χ3v) is 4.28. The summed E-state index contributed by atoms with van der Waals surface area (Å²) in [5, 5.41) is 9.54. The molecule has 0 unspecified atom stereocenters. The van der Waals surface area contributed by atoms with Crippen molar-refractivity contribution in [1.29, 1.82) is 0 Å². The van der Waals surface area contributed by atoms with Crippen molar-refractivity contribution < 1.29 is 9.90 Å². The summed E-state index contributed by atoms with van der Waals surface area (Å²) in [7, 11) is 0. The summed E-state index contributed by atoms with van der Waals surface area (Å²) < 4.78 is 0.466. The molecule has 0 radical (unpaired) electrons. The van der Waals surface area contributed by atoms with E-state index in [1.54, 1.807) is 18.2 Å². The third-order valence-electron chi connectivity index (χ3n) is 2.98. The first-order valence-corrected chi connectivity index (χ1v) is 7.50. The van der Waals surface area contributed by atoms with Gasteiger partial charge in [-0.05, 0) is 23.8 Å². The van der Waals surface area contributed by atoms with Crippen molar-refractivity contribution in [2.75, 3.05) is 4.90 Å². The lowest BCUT2D eigenvalue weighted by atomic mass is 10.2. The van der Waals surface area contributed by atoms with E-state index in [0.29, 0.717) is 14.9 Å². The number of phenolic OH excluding ortho intramolecular Hbond substituents is 1. The van der Waals surface area contributed by atoms with Crippen LogP contribution in [0.15, 0.2) is 59.5 Å². The average molecular weight is 313 g/mol. The van der Waals surface area contributed by atoms with E-state index in [-0.39, 0.29) is 11.7 Å². The SMILES string of the molecule is O=C1/C(=C\c2ccccc2)SC(=S)N1c1cccc(O)c1. The average Bonchev–Trinajstić information content (AvgIpc) is 2.74. The monoisotopic (exact) mass is 313 g/mol. The molecule has 2 aromatic carbocycles. The molecule has 1 N–H and O–H groups in total. The highest BCUT2D eigenvalue weighted by Gasteiger charge is 2.33. The van der Waals surface area contributed by atoms with Gasteiger partial charge in [0, 0.05) is 6.07 Å². The molecule has 0 saturated carbocycles. The highest BCUT2D eigenvalue weighted by molar-refractivity contribution is 8.27. The molecule has 0 atom stereocenters. The van der Waals surface area contributed by atoms with Crippen LogP contribution < -0.4 is 4.90 Å². The number of hydrogen-bond donors (Lipinski definition) is 1. The van der Waals surface area contributed by atoms with Crippen LogP contribution in [0.5, 0.6) is 5.75 Å². The maximum absolute atomic E-state index is 12.5. The fourth-order valence-electron chi connectivity index (χ4n) is 2.02. The molecular weight excluding hydrogens is 302 g/mol. The molecule has 5 heteroatoms. The van der Waals surface area contributed by atoms with Gasteiger partial charge >= 0.3 is 0 Å². The first-order valence-electron chi connectivity index (χ1n) is 6.27. The Morgan fingerprint density at radius 2 is 1.86 bits per heavy atom. The van der Waals surface area contributed by atoms with E-state index in [2.05, 4.69) is 0 Å². The van der Waals surface area contributed by atoms with Crippen molar-refractivity contribution >= 4 is 46.0 Å². The Morgan fingerprint density at radius 1 is 1.10 bits per heavy atom. The fourth-order valence-corrected chi connectivity index (χ4v) is 3.32. The summed E-state index contributed by atoms with van der Waals surface area (Å²) in [5.41, 5.74) is 1.53. The molecule has 1 aliphatic heterocycles. The molecule has 3 nitrogen and oxygen atoms in total.